The number of halogens is 2. The molecule has 0 aliphatic heterocycles. The SMILES string of the molecule is Oc1ccc(-c2ccc(Br)cc2)cc1Br. The molecule has 15 heavy (non-hydrogen) atoms. The lowest BCUT2D eigenvalue weighted by atomic mass is 10.1. The average Bonchev–Trinajstić information content (AvgIpc) is 2.23. The molecule has 0 aliphatic rings. The van der Waals surface area contributed by atoms with Crippen LogP contribution in [0.3, 0.4) is 0 Å². The Balaban J connectivity index is 2.45. The molecule has 0 bridgehead atoms. The van der Waals surface area contributed by atoms with E-state index in [9.17, 15) is 5.11 Å². The Morgan fingerprint density at radius 2 is 1.40 bits per heavy atom. The van der Waals surface area contributed by atoms with Gasteiger partial charge in [0.05, 0.1) is 4.47 Å². The number of hydrogen-bond donors (Lipinski definition) is 1. The Bertz CT molecular complexity index is 477. The van der Waals surface area contributed by atoms with E-state index >= 15 is 0 Å². The van der Waals surface area contributed by atoms with E-state index in [0.29, 0.717) is 4.47 Å². The lowest BCUT2D eigenvalue weighted by molar-refractivity contribution is 0.472. The fourth-order valence-electron chi connectivity index (χ4n) is 1.33. The van der Waals surface area contributed by atoms with Gasteiger partial charge in [0.2, 0.25) is 0 Å². The van der Waals surface area contributed by atoms with Crippen molar-refractivity contribution in [3.05, 3.63) is 51.4 Å². The zero-order chi connectivity index (χ0) is 10.8. The van der Waals surface area contributed by atoms with Crippen LogP contribution in [0.1, 0.15) is 0 Å². The first-order chi connectivity index (χ1) is 7.16. The van der Waals surface area contributed by atoms with E-state index in [0.717, 1.165) is 15.6 Å². The van der Waals surface area contributed by atoms with E-state index in [1.807, 2.05) is 36.4 Å². The van der Waals surface area contributed by atoms with Gasteiger partial charge in [-0.05, 0) is 51.3 Å². The number of hydrogen-bond acceptors (Lipinski definition) is 1. The number of phenolic OH excluding ortho intramolecular Hbond substituents is 1. The van der Waals surface area contributed by atoms with Gasteiger partial charge >= 0.3 is 0 Å². The molecule has 2 aromatic rings. The standard InChI is InChI=1S/C12H8Br2O/c13-10-4-1-8(2-5-10)9-3-6-12(15)11(14)7-9/h1-7,15H. The van der Waals surface area contributed by atoms with Gasteiger partial charge in [-0.15, -0.1) is 0 Å². The Morgan fingerprint density at radius 1 is 0.800 bits per heavy atom. The van der Waals surface area contributed by atoms with Crippen LogP contribution in [0.2, 0.25) is 0 Å². The van der Waals surface area contributed by atoms with Crippen molar-refractivity contribution in [2.75, 3.05) is 0 Å². The van der Waals surface area contributed by atoms with Gasteiger partial charge in [0.1, 0.15) is 5.75 Å². The molecule has 0 amide bonds. The minimum absolute atomic E-state index is 0.260. The highest BCUT2D eigenvalue weighted by Gasteiger charge is 2.01. The molecule has 0 aromatic heterocycles. The van der Waals surface area contributed by atoms with Gasteiger partial charge in [-0.3, -0.25) is 0 Å². The zero-order valence-corrected chi connectivity index (χ0v) is 10.9. The van der Waals surface area contributed by atoms with Crippen molar-refractivity contribution in [3.8, 4) is 16.9 Å². The van der Waals surface area contributed by atoms with E-state index in [1.54, 1.807) is 6.07 Å². The molecule has 2 rings (SSSR count). The average molecular weight is 328 g/mol. The number of benzene rings is 2. The molecule has 2 aromatic carbocycles. The summed E-state index contributed by atoms with van der Waals surface area (Å²) in [6.45, 7) is 0. The molecule has 0 heterocycles. The molecule has 0 radical (unpaired) electrons. The van der Waals surface area contributed by atoms with Crippen molar-refractivity contribution in [2.45, 2.75) is 0 Å². The Labute approximate surface area is 105 Å². The van der Waals surface area contributed by atoms with Crippen molar-refractivity contribution < 1.29 is 5.11 Å². The van der Waals surface area contributed by atoms with Crippen LogP contribution in [0.25, 0.3) is 11.1 Å². The summed E-state index contributed by atoms with van der Waals surface area (Å²) in [6, 6.07) is 13.5. The highest BCUT2D eigenvalue weighted by Crippen LogP contribution is 2.30. The molecule has 1 nitrogen and oxygen atoms in total. The van der Waals surface area contributed by atoms with E-state index in [1.165, 1.54) is 0 Å². The van der Waals surface area contributed by atoms with Crippen molar-refractivity contribution in [2.24, 2.45) is 0 Å². The zero-order valence-electron chi connectivity index (χ0n) is 7.74. The quantitative estimate of drug-likeness (QED) is 0.812. The van der Waals surface area contributed by atoms with Crippen LogP contribution in [0, 0.1) is 0 Å². The summed E-state index contributed by atoms with van der Waals surface area (Å²) in [5, 5.41) is 9.38. The first kappa shape index (κ1) is 10.7. The van der Waals surface area contributed by atoms with Crippen molar-refractivity contribution in [1.29, 1.82) is 0 Å². The van der Waals surface area contributed by atoms with Gasteiger partial charge < -0.3 is 5.11 Å². The summed E-state index contributed by atoms with van der Waals surface area (Å²) in [5.41, 5.74) is 2.20. The maximum absolute atomic E-state index is 9.38. The van der Waals surface area contributed by atoms with Crippen molar-refractivity contribution in [1.82, 2.24) is 0 Å². The third kappa shape index (κ3) is 2.41. The smallest absolute Gasteiger partial charge is 0.129 e. The minimum atomic E-state index is 0.260. The molecule has 0 saturated heterocycles. The highest BCUT2D eigenvalue weighted by molar-refractivity contribution is 9.10. The molecule has 76 valence electrons. The molecule has 0 unspecified atom stereocenters. The third-order valence-corrected chi connectivity index (χ3v) is 3.29. The molecule has 0 fully saturated rings. The molecule has 0 atom stereocenters. The Hall–Kier alpha value is -0.800. The summed E-state index contributed by atoms with van der Waals surface area (Å²) < 4.78 is 1.77. The van der Waals surface area contributed by atoms with Gasteiger partial charge in [0, 0.05) is 4.47 Å². The fraction of sp³-hybridized carbons (Fsp3) is 0. The van der Waals surface area contributed by atoms with Crippen LogP contribution in [0.4, 0.5) is 0 Å². The minimum Gasteiger partial charge on any atom is -0.507 e. The summed E-state index contributed by atoms with van der Waals surface area (Å²) in [7, 11) is 0. The summed E-state index contributed by atoms with van der Waals surface area (Å²) >= 11 is 6.69. The molecule has 1 N–H and O–H groups in total. The third-order valence-electron chi connectivity index (χ3n) is 2.13. The van der Waals surface area contributed by atoms with Gasteiger partial charge in [0.25, 0.3) is 0 Å². The van der Waals surface area contributed by atoms with Crippen LogP contribution < -0.4 is 0 Å². The maximum atomic E-state index is 9.38. The van der Waals surface area contributed by atoms with Crippen LogP contribution >= 0.6 is 31.9 Å². The van der Waals surface area contributed by atoms with Crippen LogP contribution in [-0.2, 0) is 0 Å². The summed E-state index contributed by atoms with van der Waals surface area (Å²) in [4.78, 5) is 0. The first-order valence-corrected chi connectivity index (χ1v) is 6.00. The molecule has 0 aliphatic carbocycles. The second-order valence-corrected chi connectivity index (χ2v) is 4.94. The Morgan fingerprint density at radius 3 is 2.00 bits per heavy atom. The number of aromatic hydroxyl groups is 1. The normalized spacial score (nSPS) is 10.3. The largest absolute Gasteiger partial charge is 0.507 e. The second kappa shape index (κ2) is 4.37. The molecule has 3 heteroatoms. The molecule has 0 saturated carbocycles. The van der Waals surface area contributed by atoms with Crippen LogP contribution in [0.15, 0.2) is 51.4 Å². The van der Waals surface area contributed by atoms with Crippen molar-refractivity contribution in [3.63, 3.8) is 0 Å². The summed E-state index contributed by atoms with van der Waals surface area (Å²) in [5.74, 6) is 0.260. The predicted molar refractivity (Wildman–Crippen MR) is 68.9 cm³/mol. The second-order valence-electron chi connectivity index (χ2n) is 3.17. The van der Waals surface area contributed by atoms with E-state index in [4.69, 9.17) is 0 Å². The maximum Gasteiger partial charge on any atom is 0.129 e. The lowest BCUT2D eigenvalue weighted by Gasteiger charge is -2.03. The van der Waals surface area contributed by atoms with E-state index in [-0.39, 0.29) is 5.75 Å². The van der Waals surface area contributed by atoms with Crippen LogP contribution in [-0.4, -0.2) is 5.11 Å². The topological polar surface area (TPSA) is 20.2 Å². The predicted octanol–water partition coefficient (Wildman–Crippen LogP) is 4.58. The fourth-order valence-corrected chi connectivity index (χ4v) is 1.97. The van der Waals surface area contributed by atoms with Gasteiger partial charge in [0.15, 0.2) is 0 Å². The number of phenols is 1. The Kier molecular flexibility index (Phi) is 3.12. The van der Waals surface area contributed by atoms with Gasteiger partial charge in [-0.25, -0.2) is 0 Å². The lowest BCUT2D eigenvalue weighted by Crippen LogP contribution is -1.78. The molecular formula is C12H8Br2O. The highest BCUT2D eigenvalue weighted by atomic mass is 79.9. The first-order valence-electron chi connectivity index (χ1n) is 4.41. The molecule has 0 spiro atoms. The van der Waals surface area contributed by atoms with E-state index < -0.39 is 0 Å². The van der Waals surface area contributed by atoms with Crippen molar-refractivity contribution >= 4 is 31.9 Å². The van der Waals surface area contributed by atoms with Gasteiger partial charge in [-0.1, -0.05) is 34.1 Å². The number of rotatable bonds is 1. The molecular weight excluding hydrogens is 320 g/mol. The van der Waals surface area contributed by atoms with E-state index in [2.05, 4.69) is 31.9 Å². The summed E-state index contributed by atoms with van der Waals surface area (Å²) in [6.07, 6.45) is 0. The monoisotopic (exact) mass is 326 g/mol. The van der Waals surface area contributed by atoms with Gasteiger partial charge in [-0.2, -0.15) is 0 Å². The van der Waals surface area contributed by atoms with Crippen LogP contribution in [0.5, 0.6) is 5.75 Å².